The molecule has 0 aliphatic carbocycles. The fourth-order valence-electron chi connectivity index (χ4n) is 1.72. The topological polar surface area (TPSA) is 43.4 Å². The molecule has 1 fully saturated rings. The molecule has 2 rings (SSSR count). The lowest BCUT2D eigenvalue weighted by molar-refractivity contribution is -0.137. The Bertz CT molecular complexity index is 299. The molecule has 2 atom stereocenters. The molecular formula is C12H18N2O2. The predicted molar refractivity (Wildman–Crippen MR) is 61.0 cm³/mol. The summed E-state index contributed by atoms with van der Waals surface area (Å²) in [5.74, 6) is 0. The van der Waals surface area contributed by atoms with Gasteiger partial charge in [0.25, 0.3) is 0 Å². The maximum Gasteiger partial charge on any atom is 0.147 e. The first kappa shape index (κ1) is 11.5. The lowest BCUT2D eigenvalue weighted by atomic mass is 10.1. The largest absolute Gasteiger partial charge is 0.355 e. The summed E-state index contributed by atoms with van der Waals surface area (Å²) in [7, 11) is 0. The van der Waals surface area contributed by atoms with E-state index in [9.17, 15) is 0 Å². The molecular weight excluding hydrogens is 204 g/mol. The highest BCUT2D eigenvalue weighted by molar-refractivity contribution is 5.12. The van der Waals surface area contributed by atoms with E-state index >= 15 is 0 Å². The molecule has 0 amide bonds. The minimum absolute atomic E-state index is 0.271. The summed E-state index contributed by atoms with van der Waals surface area (Å²) < 4.78 is 10.6. The molecule has 0 bridgehead atoms. The van der Waals surface area contributed by atoms with Crippen molar-refractivity contribution in [2.45, 2.75) is 25.5 Å². The van der Waals surface area contributed by atoms with Crippen molar-refractivity contribution in [3.63, 3.8) is 0 Å². The molecule has 1 aliphatic rings. The minimum atomic E-state index is 0.271. The SMILES string of the molecule is C[C@H](NCC1CCOCO1)c1cccnc1. The van der Waals surface area contributed by atoms with Gasteiger partial charge in [0.2, 0.25) is 0 Å². The number of hydrogen-bond donors (Lipinski definition) is 1. The van der Waals surface area contributed by atoms with Gasteiger partial charge < -0.3 is 14.8 Å². The van der Waals surface area contributed by atoms with E-state index < -0.39 is 0 Å². The Morgan fingerprint density at radius 1 is 1.62 bits per heavy atom. The maximum absolute atomic E-state index is 5.46. The Labute approximate surface area is 96.0 Å². The van der Waals surface area contributed by atoms with Crippen LogP contribution in [0.25, 0.3) is 0 Å². The number of hydrogen-bond acceptors (Lipinski definition) is 4. The van der Waals surface area contributed by atoms with Crippen molar-refractivity contribution in [1.29, 1.82) is 0 Å². The van der Waals surface area contributed by atoms with Crippen LogP contribution in [0.4, 0.5) is 0 Å². The van der Waals surface area contributed by atoms with Crippen molar-refractivity contribution in [2.75, 3.05) is 19.9 Å². The molecule has 2 heterocycles. The first-order chi connectivity index (χ1) is 7.86. The van der Waals surface area contributed by atoms with Crippen LogP contribution in [0.3, 0.4) is 0 Å². The summed E-state index contributed by atoms with van der Waals surface area (Å²) in [6.45, 7) is 4.22. The fourth-order valence-corrected chi connectivity index (χ4v) is 1.72. The first-order valence-electron chi connectivity index (χ1n) is 5.69. The van der Waals surface area contributed by atoms with Crippen molar-refractivity contribution >= 4 is 0 Å². The zero-order valence-corrected chi connectivity index (χ0v) is 9.56. The van der Waals surface area contributed by atoms with E-state index in [1.807, 2.05) is 12.3 Å². The van der Waals surface area contributed by atoms with Gasteiger partial charge in [0.05, 0.1) is 12.7 Å². The number of rotatable bonds is 4. The first-order valence-corrected chi connectivity index (χ1v) is 5.69. The van der Waals surface area contributed by atoms with E-state index in [1.54, 1.807) is 6.20 Å². The standard InChI is InChI=1S/C12H18N2O2/c1-10(11-3-2-5-13-7-11)14-8-12-4-6-15-9-16-12/h2-3,5,7,10,12,14H,4,6,8-9H2,1H3/t10-,12?/m0/s1. The van der Waals surface area contributed by atoms with Gasteiger partial charge in [0.1, 0.15) is 6.79 Å². The van der Waals surface area contributed by atoms with Crippen LogP contribution in [0, 0.1) is 0 Å². The van der Waals surface area contributed by atoms with E-state index in [-0.39, 0.29) is 6.10 Å². The predicted octanol–water partition coefficient (Wildman–Crippen LogP) is 1.50. The van der Waals surface area contributed by atoms with Crippen LogP contribution in [-0.2, 0) is 9.47 Å². The Kier molecular flexibility index (Phi) is 4.27. The monoisotopic (exact) mass is 222 g/mol. The average molecular weight is 222 g/mol. The molecule has 1 aromatic heterocycles. The van der Waals surface area contributed by atoms with Crippen LogP contribution in [0.1, 0.15) is 24.9 Å². The van der Waals surface area contributed by atoms with Crippen LogP contribution >= 0.6 is 0 Å². The van der Waals surface area contributed by atoms with Crippen molar-refractivity contribution < 1.29 is 9.47 Å². The molecule has 0 saturated carbocycles. The lowest BCUT2D eigenvalue weighted by Gasteiger charge is -2.24. The summed E-state index contributed by atoms with van der Waals surface area (Å²) in [5, 5.41) is 3.45. The van der Waals surface area contributed by atoms with Crippen LogP contribution < -0.4 is 5.32 Å². The molecule has 1 aromatic rings. The molecule has 4 heteroatoms. The van der Waals surface area contributed by atoms with E-state index in [4.69, 9.17) is 9.47 Å². The molecule has 1 saturated heterocycles. The van der Waals surface area contributed by atoms with Crippen LogP contribution in [0.2, 0.25) is 0 Å². The van der Waals surface area contributed by atoms with Gasteiger partial charge in [-0.25, -0.2) is 0 Å². The molecule has 0 aromatic carbocycles. The van der Waals surface area contributed by atoms with Gasteiger partial charge in [-0.15, -0.1) is 0 Å². The summed E-state index contributed by atoms with van der Waals surface area (Å²) in [6.07, 6.45) is 4.92. The zero-order valence-electron chi connectivity index (χ0n) is 9.56. The van der Waals surface area contributed by atoms with E-state index in [2.05, 4.69) is 23.3 Å². The third-order valence-corrected chi connectivity index (χ3v) is 2.81. The Balaban J connectivity index is 1.77. The number of nitrogens with one attached hydrogen (secondary N) is 1. The molecule has 1 aliphatic heterocycles. The summed E-state index contributed by atoms with van der Waals surface area (Å²) >= 11 is 0. The quantitative estimate of drug-likeness (QED) is 0.838. The van der Waals surface area contributed by atoms with Crippen LogP contribution in [-0.4, -0.2) is 31.0 Å². The molecule has 0 spiro atoms. The summed E-state index contributed by atoms with van der Waals surface area (Å²) in [6, 6.07) is 4.34. The van der Waals surface area contributed by atoms with Gasteiger partial charge in [-0.3, -0.25) is 4.98 Å². The molecule has 4 nitrogen and oxygen atoms in total. The Morgan fingerprint density at radius 2 is 2.56 bits per heavy atom. The van der Waals surface area contributed by atoms with Gasteiger partial charge in [0.15, 0.2) is 0 Å². The second-order valence-electron chi connectivity index (χ2n) is 4.02. The van der Waals surface area contributed by atoms with Gasteiger partial charge in [-0.1, -0.05) is 6.07 Å². The highest BCUT2D eigenvalue weighted by atomic mass is 16.7. The van der Waals surface area contributed by atoms with Crippen molar-refractivity contribution in [2.24, 2.45) is 0 Å². The van der Waals surface area contributed by atoms with Crippen LogP contribution in [0.5, 0.6) is 0 Å². The van der Waals surface area contributed by atoms with E-state index in [1.165, 1.54) is 5.56 Å². The van der Waals surface area contributed by atoms with Crippen molar-refractivity contribution in [1.82, 2.24) is 10.3 Å². The minimum Gasteiger partial charge on any atom is -0.355 e. The van der Waals surface area contributed by atoms with Gasteiger partial charge in [-0.05, 0) is 25.0 Å². The third kappa shape index (κ3) is 3.27. The maximum atomic E-state index is 5.46. The third-order valence-electron chi connectivity index (χ3n) is 2.81. The van der Waals surface area contributed by atoms with Gasteiger partial charge >= 0.3 is 0 Å². The van der Waals surface area contributed by atoms with Crippen LogP contribution in [0.15, 0.2) is 24.5 Å². The molecule has 1 unspecified atom stereocenters. The number of pyridine rings is 1. The molecule has 0 radical (unpaired) electrons. The second-order valence-corrected chi connectivity index (χ2v) is 4.02. The average Bonchev–Trinajstić information content (AvgIpc) is 2.38. The zero-order chi connectivity index (χ0) is 11.2. The summed E-state index contributed by atoms with van der Waals surface area (Å²) in [5.41, 5.74) is 1.20. The number of aromatic nitrogens is 1. The van der Waals surface area contributed by atoms with E-state index in [0.29, 0.717) is 12.8 Å². The number of ether oxygens (including phenoxy) is 2. The van der Waals surface area contributed by atoms with E-state index in [0.717, 1.165) is 19.6 Å². The van der Waals surface area contributed by atoms with Crippen molar-refractivity contribution in [3.05, 3.63) is 30.1 Å². The smallest absolute Gasteiger partial charge is 0.147 e. The second kappa shape index (κ2) is 5.94. The van der Waals surface area contributed by atoms with Crippen molar-refractivity contribution in [3.8, 4) is 0 Å². The highest BCUT2D eigenvalue weighted by Gasteiger charge is 2.15. The Morgan fingerprint density at radius 3 is 3.25 bits per heavy atom. The summed E-state index contributed by atoms with van der Waals surface area (Å²) in [4.78, 5) is 4.11. The van der Waals surface area contributed by atoms with Gasteiger partial charge in [-0.2, -0.15) is 0 Å². The highest BCUT2D eigenvalue weighted by Crippen LogP contribution is 2.11. The lowest BCUT2D eigenvalue weighted by Crippen LogP contribution is -2.35. The number of nitrogens with zero attached hydrogens (tertiary/aromatic N) is 1. The molecule has 16 heavy (non-hydrogen) atoms. The Hall–Kier alpha value is -0.970. The fraction of sp³-hybridized carbons (Fsp3) is 0.583. The molecule has 88 valence electrons. The molecule has 1 N–H and O–H groups in total. The van der Waals surface area contributed by atoms with Gasteiger partial charge in [0, 0.05) is 25.0 Å². The normalized spacial score (nSPS) is 22.9.